The van der Waals surface area contributed by atoms with Crippen molar-refractivity contribution < 1.29 is 32.3 Å². The largest absolute Gasteiger partial charge is 0.489 e. The van der Waals surface area contributed by atoms with Gasteiger partial charge in [0.15, 0.2) is 9.84 Å². The average Bonchev–Trinajstić information content (AvgIpc) is 2.73. The molecule has 0 bridgehead atoms. The Hall–Kier alpha value is -2.53. The van der Waals surface area contributed by atoms with Crippen molar-refractivity contribution >= 4 is 15.7 Å². The van der Waals surface area contributed by atoms with Crippen LogP contribution in [0, 0.1) is 18.7 Å². The molecule has 2 unspecified atom stereocenters. The molecule has 30 heavy (non-hydrogen) atoms. The summed E-state index contributed by atoms with van der Waals surface area (Å²) in [5, 5.41) is 8.06. The molecular weight excluding hydrogens is 415 g/mol. The van der Waals surface area contributed by atoms with Crippen LogP contribution in [0.3, 0.4) is 0 Å². The van der Waals surface area contributed by atoms with Crippen molar-refractivity contribution in [2.75, 3.05) is 13.2 Å². The fraction of sp³-hybridized carbons (Fsp3) is 0.350. The van der Waals surface area contributed by atoms with Crippen LogP contribution in [0.25, 0.3) is 0 Å². The van der Waals surface area contributed by atoms with Crippen LogP contribution in [0.15, 0.2) is 47.4 Å². The lowest BCUT2D eigenvalue weighted by molar-refractivity contribution is -0.175. The van der Waals surface area contributed by atoms with Gasteiger partial charge in [0.25, 0.3) is 5.91 Å². The Morgan fingerprint density at radius 1 is 1.30 bits per heavy atom. The number of benzene rings is 2. The molecule has 2 aromatic rings. The zero-order valence-electron chi connectivity index (χ0n) is 16.3. The monoisotopic (exact) mass is 438 g/mol. The number of hydrogen-bond acceptors (Lipinski definition) is 7. The van der Waals surface area contributed by atoms with Crippen LogP contribution in [0.2, 0.25) is 0 Å². The molecule has 1 amide bonds. The van der Waals surface area contributed by atoms with Crippen LogP contribution in [-0.4, -0.2) is 43.2 Å². The summed E-state index contributed by atoms with van der Waals surface area (Å²) in [5.41, 5.74) is 1.56. The topological polar surface area (TPSA) is 119 Å². The van der Waals surface area contributed by atoms with Gasteiger partial charge < -0.3 is 9.47 Å². The Balaban J connectivity index is 1.74. The summed E-state index contributed by atoms with van der Waals surface area (Å²) < 4.78 is 50.2. The minimum Gasteiger partial charge on any atom is -0.489 e. The van der Waals surface area contributed by atoms with Crippen molar-refractivity contribution in [1.29, 1.82) is 0 Å². The van der Waals surface area contributed by atoms with E-state index in [1.165, 1.54) is 36.4 Å². The third-order valence-electron chi connectivity index (χ3n) is 5.09. The molecule has 1 heterocycles. The number of aryl methyl sites for hydroxylation is 1. The SMILES string of the molecule is Cc1cc(F)ccc1COc1ccc(S(=O)(=O)C2CCOCC2C(=O)N(N)O)cc1. The summed E-state index contributed by atoms with van der Waals surface area (Å²) >= 11 is 0. The van der Waals surface area contributed by atoms with Gasteiger partial charge in [-0.3, -0.25) is 10.0 Å². The van der Waals surface area contributed by atoms with E-state index in [1.807, 2.05) is 0 Å². The molecule has 0 radical (unpaired) electrons. The third-order valence-corrected chi connectivity index (χ3v) is 7.38. The summed E-state index contributed by atoms with van der Waals surface area (Å²) in [4.78, 5) is 12.1. The second kappa shape index (κ2) is 9.09. The van der Waals surface area contributed by atoms with E-state index in [-0.39, 0.29) is 42.1 Å². The van der Waals surface area contributed by atoms with Crippen LogP contribution in [0.5, 0.6) is 5.75 Å². The first-order chi connectivity index (χ1) is 14.2. The number of nitrogens with two attached hydrogens (primary N) is 1. The Morgan fingerprint density at radius 3 is 2.63 bits per heavy atom. The molecule has 1 fully saturated rings. The molecule has 0 aromatic heterocycles. The van der Waals surface area contributed by atoms with Crippen molar-refractivity contribution in [3.05, 3.63) is 59.4 Å². The number of halogens is 1. The van der Waals surface area contributed by atoms with Gasteiger partial charge in [0.2, 0.25) is 0 Å². The fourth-order valence-corrected chi connectivity index (χ4v) is 5.27. The molecule has 8 nitrogen and oxygen atoms in total. The highest BCUT2D eigenvalue weighted by atomic mass is 32.2. The minimum absolute atomic E-state index is 0.0269. The molecule has 0 saturated carbocycles. The second-order valence-electron chi connectivity index (χ2n) is 7.07. The molecule has 10 heteroatoms. The van der Waals surface area contributed by atoms with Gasteiger partial charge in [0, 0.05) is 6.61 Å². The second-order valence-corrected chi connectivity index (χ2v) is 9.23. The Morgan fingerprint density at radius 2 is 2.00 bits per heavy atom. The highest BCUT2D eigenvalue weighted by molar-refractivity contribution is 7.92. The normalized spacial score (nSPS) is 19.3. The Kier molecular flexibility index (Phi) is 6.71. The highest BCUT2D eigenvalue weighted by Gasteiger charge is 2.42. The molecular formula is C20H23FN2O6S. The van der Waals surface area contributed by atoms with Crippen molar-refractivity contribution in [2.45, 2.75) is 30.1 Å². The molecule has 3 rings (SSSR count). The van der Waals surface area contributed by atoms with Crippen LogP contribution in [0.1, 0.15) is 17.5 Å². The first-order valence-electron chi connectivity index (χ1n) is 9.27. The first-order valence-corrected chi connectivity index (χ1v) is 10.8. The Labute approximate surface area is 173 Å². The number of carbonyl (C=O) groups is 1. The molecule has 0 spiro atoms. The van der Waals surface area contributed by atoms with Crippen LogP contribution in [0.4, 0.5) is 4.39 Å². The number of hydrazine groups is 1. The van der Waals surface area contributed by atoms with Crippen LogP contribution < -0.4 is 10.6 Å². The molecule has 0 aliphatic carbocycles. The molecule has 1 saturated heterocycles. The van der Waals surface area contributed by atoms with Crippen molar-refractivity contribution in [1.82, 2.24) is 5.17 Å². The number of carbonyl (C=O) groups excluding carboxylic acids is 1. The maximum Gasteiger partial charge on any atom is 0.267 e. The quantitative estimate of drug-likeness (QED) is 0.306. The van der Waals surface area contributed by atoms with Gasteiger partial charge in [-0.1, -0.05) is 6.07 Å². The number of nitrogens with zero attached hydrogens (tertiary/aromatic N) is 1. The van der Waals surface area contributed by atoms with Gasteiger partial charge >= 0.3 is 0 Å². The maximum atomic E-state index is 13.2. The predicted octanol–water partition coefficient (Wildman–Crippen LogP) is 1.98. The minimum atomic E-state index is -3.88. The smallest absolute Gasteiger partial charge is 0.267 e. The van der Waals surface area contributed by atoms with E-state index in [2.05, 4.69) is 0 Å². The van der Waals surface area contributed by atoms with Gasteiger partial charge in [-0.2, -0.15) is 5.17 Å². The van der Waals surface area contributed by atoms with Gasteiger partial charge in [-0.15, -0.1) is 0 Å². The van der Waals surface area contributed by atoms with E-state index < -0.39 is 26.9 Å². The zero-order valence-corrected chi connectivity index (χ0v) is 17.1. The fourth-order valence-electron chi connectivity index (χ4n) is 3.37. The number of sulfone groups is 1. The number of ether oxygens (including phenoxy) is 2. The molecule has 1 aliphatic rings. The van der Waals surface area contributed by atoms with E-state index in [0.717, 1.165) is 11.1 Å². The summed E-state index contributed by atoms with van der Waals surface area (Å²) in [7, 11) is -3.88. The Bertz CT molecular complexity index is 1010. The lowest BCUT2D eigenvalue weighted by Crippen LogP contribution is -2.49. The number of hydrogen-bond donors (Lipinski definition) is 2. The van der Waals surface area contributed by atoms with Crippen molar-refractivity contribution in [3.63, 3.8) is 0 Å². The van der Waals surface area contributed by atoms with Gasteiger partial charge in [-0.25, -0.2) is 18.7 Å². The third kappa shape index (κ3) is 4.78. The molecule has 2 atom stereocenters. The van der Waals surface area contributed by atoms with Gasteiger partial charge in [0.1, 0.15) is 18.2 Å². The number of amides is 1. The predicted molar refractivity (Wildman–Crippen MR) is 105 cm³/mol. The molecule has 162 valence electrons. The highest BCUT2D eigenvalue weighted by Crippen LogP contribution is 2.29. The van der Waals surface area contributed by atoms with E-state index >= 15 is 0 Å². The van der Waals surface area contributed by atoms with Gasteiger partial charge in [-0.05, 0) is 60.9 Å². The molecule has 2 aromatic carbocycles. The standard InChI is InChI=1S/C20H23FN2O6S/c1-13-10-15(21)3-2-14(13)11-29-16-4-6-17(7-5-16)30(26,27)19-8-9-28-12-18(19)20(24)23(22)25/h2-7,10,18-19,25H,8-9,11-12,22H2,1H3. The summed E-state index contributed by atoms with van der Waals surface area (Å²) in [5.74, 6) is 3.18. The molecule has 1 aliphatic heterocycles. The molecule has 3 N–H and O–H groups in total. The first kappa shape index (κ1) is 22.2. The van der Waals surface area contributed by atoms with E-state index in [9.17, 15) is 22.8 Å². The lowest BCUT2D eigenvalue weighted by Gasteiger charge is -2.31. The summed E-state index contributed by atoms with van der Waals surface area (Å²) in [6.45, 7) is 2.02. The lowest BCUT2D eigenvalue weighted by atomic mass is 10.0. The van der Waals surface area contributed by atoms with Crippen LogP contribution in [-0.2, 0) is 26.0 Å². The van der Waals surface area contributed by atoms with Crippen LogP contribution >= 0.6 is 0 Å². The maximum absolute atomic E-state index is 13.2. The summed E-state index contributed by atoms with van der Waals surface area (Å²) in [6, 6.07) is 10.2. The average molecular weight is 438 g/mol. The van der Waals surface area contributed by atoms with E-state index in [1.54, 1.807) is 13.0 Å². The number of rotatable bonds is 6. The summed E-state index contributed by atoms with van der Waals surface area (Å²) in [6.07, 6.45) is 0.106. The van der Waals surface area contributed by atoms with E-state index in [4.69, 9.17) is 15.3 Å². The van der Waals surface area contributed by atoms with Crippen molar-refractivity contribution in [2.24, 2.45) is 11.8 Å². The van der Waals surface area contributed by atoms with Gasteiger partial charge in [0.05, 0.1) is 22.7 Å². The zero-order chi connectivity index (χ0) is 21.9. The number of hydroxylamine groups is 1. The van der Waals surface area contributed by atoms with E-state index in [0.29, 0.717) is 5.75 Å². The van der Waals surface area contributed by atoms with Crippen molar-refractivity contribution in [3.8, 4) is 5.75 Å².